The highest BCUT2D eigenvalue weighted by molar-refractivity contribution is 5.47. The van der Waals surface area contributed by atoms with E-state index in [-0.39, 0.29) is 0 Å². The van der Waals surface area contributed by atoms with Gasteiger partial charge in [0.1, 0.15) is 12.1 Å². The molecule has 0 aromatic carbocycles. The standard InChI is InChI=1S/C10H14N6/c1-14(2)8-5-15(6-8)10-4-3-9-12-11-7-16(9)13-10/h3-4,7-8H,5-6H2,1-2H3. The molecule has 3 heterocycles. The van der Waals surface area contributed by atoms with Crippen molar-refractivity contribution in [1.29, 1.82) is 0 Å². The molecule has 0 radical (unpaired) electrons. The van der Waals surface area contributed by atoms with Crippen molar-refractivity contribution >= 4 is 11.5 Å². The minimum atomic E-state index is 0.637. The van der Waals surface area contributed by atoms with Crippen molar-refractivity contribution in [2.75, 3.05) is 32.1 Å². The zero-order chi connectivity index (χ0) is 11.1. The molecular formula is C10H14N6. The maximum Gasteiger partial charge on any atom is 0.177 e. The Hall–Kier alpha value is -1.69. The molecule has 0 N–H and O–H groups in total. The van der Waals surface area contributed by atoms with Gasteiger partial charge in [-0.3, -0.25) is 0 Å². The number of rotatable bonds is 2. The molecule has 0 spiro atoms. The summed E-state index contributed by atoms with van der Waals surface area (Å²) in [7, 11) is 4.22. The number of hydrogen-bond donors (Lipinski definition) is 0. The first kappa shape index (κ1) is 9.53. The highest BCUT2D eigenvalue weighted by atomic mass is 15.4. The van der Waals surface area contributed by atoms with Gasteiger partial charge in [-0.2, -0.15) is 4.52 Å². The maximum absolute atomic E-state index is 4.45. The molecule has 0 aliphatic carbocycles. The third kappa shape index (κ3) is 1.42. The third-order valence-corrected chi connectivity index (χ3v) is 3.06. The molecule has 0 bridgehead atoms. The lowest BCUT2D eigenvalue weighted by molar-refractivity contribution is 0.245. The SMILES string of the molecule is CN(C)C1CN(c2ccc3nncn3n2)C1. The molecule has 6 nitrogen and oxygen atoms in total. The van der Waals surface area contributed by atoms with Crippen LogP contribution in [0.1, 0.15) is 0 Å². The Kier molecular flexibility index (Phi) is 2.03. The zero-order valence-corrected chi connectivity index (χ0v) is 9.41. The quantitative estimate of drug-likeness (QED) is 0.703. The van der Waals surface area contributed by atoms with Gasteiger partial charge in [-0.05, 0) is 26.2 Å². The fourth-order valence-corrected chi connectivity index (χ4v) is 1.86. The summed E-state index contributed by atoms with van der Waals surface area (Å²) in [5.74, 6) is 0.991. The predicted octanol–water partition coefficient (Wildman–Crippen LogP) is -0.126. The van der Waals surface area contributed by atoms with E-state index < -0.39 is 0 Å². The van der Waals surface area contributed by atoms with Crippen LogP contribution in [0, 0.1) is 0 Å². The molecule has 0 saturated carbocycles. The van der Waals surface area contributed by atoms with Crippen molar-refractivity contribution in [2.45, 2.75) is 6.04 Å². The highest BCUT2D eigenvalue weighted by Crippen LogP contribution is 2.20. The van der Waals surface area contributed by atoms with Gasteiger partial charge in [0.2, 0.25) is 0 Å². The van der Waals surface area contributed by atoms with Crippen molar-refractivity contribution < 1.29 is 0 Å². The normalized spacial score (nSPS) is 17.1. The van der Waals surface area contributed by atoms with Gasteiger partial charge in [-0.1, -0.05) is 0 Å². The first-order valence-corrected chi connectivity index (χ1v) is 5.32. The van der Waals surface area contributed by atoms with Gasteiger partial charge in [0.05, 0.1) is 0 Å². The summed E-state index contributed by atoms with van der Waals surface area (Å²) in [5.41, 5.74) is 0.786. The van der Waals surface area contributed by atoms with Crippen LogP contribution in [0.25, 0.3) is 5.65 Å². The summed E-state index contributed by atoms with van der Waals surface area (Å²) < 4.78 is 1.71. The van der Waals surface area contributed by atoms with Gasteiger partial charge >= 0.3 is 0 Å². The Labute approximate surface area is 93.5 Å². The van der Waals surface area contributed by atoms with Crippen LogP contribution in [0.4, 0.5) is 5.82 Å². The van der Waals surface area contributed by atoms with E-state index >= 15 is 0 Å². The van der Waals surface area contributed by atoms with Crippen LogP contribution in [0.5, 0.6) is 0 Å². The smallest absolute Gasteiger partial charge is 0.177 e. The largest absolute Gasteiger partial charge is 0.352 e. The van der Waals surface area contributed by atoms with Crippen LogP contribution < -0.4 is 4.90 Å². The van der Waals surface area contributed by atoms with Gasteiger partial charge in [-0.15, -0.1) is 15.3 Å². The van der Waals surface area contributed by atoms with Gasteiger partial charge in [0.25, 0.3) is 0 Å². The summed E-state index contributed by atoms with van der Waals surface area (Å²) in [6.07, 6.45) is 1.63. The number of hydrogen-bond acceptors (Lipinski definition) is 5. The Balaban J connectivity index is 1.80. The van der Waals surface area contributed by atoms with Crippen molar-refractivity contribution in [3.8, 4) is 0 Å². The van der Waals surface area contributed by atoms with Gasteiger partial charge in [0, 0.05) is 19.1 Å². The Bertz CT molecular complexity index is 499. The summed E-state index contributed by atoms with van der Waals surface area (Å²) in [6, 6.07) is 4.58. The van der Waals surface area contributed by atoms with Crippen LogP contribution >= 0.6 is 0 Å². The maximum atomic E-state index is 4.45. The molecule has 3 rings (SSSR count). The minimum Gasteiger partial charge on any atom is -0.352 e. The number of likely N-dealkylation sites (N-methyl/N-ethyl adjacent to an activating group) is 1. The van der Waals surface area contributed by atoms with Gasteiger partial charge < -0.3 is 9.80 Å². The molecule has 1 saturated heterocycles. The fourth-order valence-electron chi connectivity index (χ4n) is 1.86. The van der Waals surface area contributed by atoms with Crippen LogP contribution in [0.2, 0.25) is 0 Å². The Morgan fingerprint density at radius 3 is 2.88 bits per heavy atom. The van der Waals surface area contributed by atoms with Gasteiger partial charge in [0.15, 0.2) is 5.65 Å². The van der Waals surface area contributed by atoms with E-state index in [0.717, 1.165) is 24.6 Å². The second kappa shape index (κ2) is 3.41. The number of fused-ring (bicyclic) bond motifs is 1. The zero-order valence-electron chi connectivity index (χ0n) is 9.41. The predicted molar refractivity (Wildman–Crippen MR) is 60.5 cm³/mol. The molecule has 0 atom stereocenters. The van der Waals surface area contributed by atoms with Crippen molar-refractivity contribution in [1.82, 2.24) is 24.7 Å². The minimum absolute atomic E-state index is 0.637. The molecule has 0 amide bonds. The van der Waals surface area contributed by atoms with Crippen LogP contribution in [-0.4, -0.2) is 57.9 Å². The number of aromatic nitrogens is 4. The summed E-state index contributed by atoms with van der Waals surface area (Å²) in [4.78, 5) is 4.50. The summed E-state index contributed by atoms with van der Waals surface area (Å²) in [6.45, 7) is 2.07. The van der Waals surface area contributed by atoms with E-state index in [1.807, 2.05) is 12.1 Å². The van der Waals surface area contributed by atoms with Crippen LogP contribution in [-0.2, 0) is 0 Å². The first-order chi connectivity index (χ1) is 7.74. The molecule has 16 heavy (non-hydrogen) atoms. The number of anilines is 1. The monoisotopic (exact) mass is 218 g/mol. The molecule has 1 fully saturated rings. The fraction of sp³-hybridized carbons (Fsp3) is 0.500. The van der Waals surface area contributed by atoms with Crippen molar-refractivity contribution in [3.63, 3.8) is 0 Å². The third-order valence-electron chi connectivity index (χ3n) is 3.06. The van der Waals surface area contributed by atoms with Crippen LogP contribution in [0.15, 0.2) is 18.5 Å². The van der Waals surface area contributed by atoms with Crippen molar-refractivity contribution in [3.05, 3.63) is 18.5 Å². The molecule has 2 aromatic rings. The van der Waals surface area contributed by atoms with E-state index in [2.05, 4.69) is 39.2 Å². The molecule has 84 valence electrons. The highest BCUT2D eigenvalue weighted by Gasteiger charge is 2.29. The second-order valence-corrected chi connectivity index (χ2v) is 4.35. The van der Waals surface area contributed by atoms with E-state index in [1.54, 1.807) is 10.8 Å². The van der Waals surface area contributed by atoms with Crippen LogP contribution in [0.3, 0.4) is 0 Å². The lowest BCUT2D eigenvalue weighted by atomic mass is 10.1. The molecule has 1 aliphatic heterocycles. The number of nitrogens with zero attached hydrogens (tertiary/aromatic N) is 6. The summed E-state index contributed by atoms with van der Waals surface area (Å²) >= 11 is 0. The van der Waals surface area contributed by atoms with E-state index in [0.29, 0.717) is 6.04 Å². The topological polar surface area (TPSA) is 49.6 Å². The molecule has 0 unspecified atom stereocenters. The average molecular weight is 218 g/mol. The average Bonchev–Trinajstić information content (AvgIpc) is 2.61. The second-order valence-electron chi connectivity index (χ2n) is 4.35. The lowest BCUT2D eigenvalue weighted by Crippen LogP contribution is -2.57. The Morgan fingerprint density at radius 1 is 1.31 bits per heavy atom. The van der Waals surface area contributed by atoms with E-state index in [4.69, 9.17) is 0 Å². The van der Waals surface area contributed by atoms with Gasteiger partial charge in [-0.25, -0.2) is 0 Å². The molecule has 6 heteroatoms. The molecular weight excluding hydrogens is 204 g/mol. The Morgan fingerprint density at radius 2 is 2.12 bits per heavy atom. The molecule has 2 aromatic heterocycles. The van der Waals surface area contributed by atoms with Crippen molar-refractivity contribution in [2.24, 2.45) is 0 Å². The molecule has 1 aliphatic rings. The first-order valence-electron chi connectivity index (χ1n) is 5.32. The van der Waals surface area contributed by atoms with E-state index in [9.17, 15) is 0 Å². The lowest BCUT2D eigenvalue weighted by Gasteiger charge is -2.43. The van der Waals surface area contributed by atoms with E-state index in [1.165, 1.54) is 0 Å². The summed E-state index contributed by atoms with van der Waals surface area (Å²) in [5, 5.41) is 12.2.